The largest absolute Gasteiger partial charge is 0.475 e. The van der Waals surface area contributed by atoms with E-state index in [0.717, 1.165) is 50.2 Å². The van der Waals surface area contributed by atoms with E-state index < -0.39 is 17.7 Å². The topological polar surface area (TPSA) is 96.2 Å². The molecule has 1 saturated carbocycles. The summed E-state index contributed by atoms with van der Waals surface area (Å²) in [6.45, 7) is 1.80. The molecule has 2 fully saturated rings. The van der Waals surface area contributed by atoms with E-state index in [1.807, 2.05) is 11.6 Å². The van der Waals surface area contributed by atoms with E-state index in [9.17, 15) is 23.1 Å². The number of piperidine rings is 1. The number of anilines is 1. The summed E-state index contributed by atoms with van der Waals surface area (Å²) < 4.78 is 41.3. The first-order valence-corrected chi connectivity index (χ1v) is 12.8. The normalized spacial score (nSPS) is 19.2. The maximum absolute atomic E-state index is 13.1. The zero-order chi connectivity index (χ0) is 26.2. The van der Waals surface area contributed by atoms with Gasteiger partial charge in [0.2, 0.25) is 5.82 Å². The predicted molar refractivity (Wildman–Crippen MR) is 132 cm³/mol. The summed E-state index contributed by atoms with van der Waals surface area (Å²) in [7, 11) is 2.03. The molecular weight excluding hydrogens is 485 g/mol. The SMILES string of the molecule is CN1CCCC[C@@H]1c1nc2nc(C(=O)O)nc(NCCC3CCC3)c2n1Cc1ccc(C(F)(F)F)cc1. The number of nitrogens with zero attached hydrogens (tertiary/aromatic N) is 5. The van der Waals surface area contributed by atoms with Crippen LogP contribution in [-0.2, 0) is 12.7 Å². The van der Waals surface area contributed by atoms with Crippen molar-refractivity contribution >= 4 is 23.0 Å². The Morgan fingerprint density at radius 3 is 2.46 bits per heavy atom. The molecule has 1 aliphatic carbocycles. The third-order valence-electron chi connectivity index (χ3n) is 7.58. The molecule has 0 amide bonds. The van der Waals surface area contributed by atoms with Gasteiger partial charge in [0.25, 0.3) is 0 Å². The molecule has 1 saturated heterocycles. The van der Waals surface area contributed by atoms with Gasteiger partial charge >= 0.3 is 12.1 Å². The van der Waals surface area contributed by atoms with Crippen LogP contribution in [0.5, 0.6) is 0 Å². The minimum atomic E-state index is -4.41. The minimum Gasteiger partial charge on any atom is -0.475 e. The van der Waals surface area contributed by atoms with Crippen LogP contribution in [0.25, 0.3) is 11.2 Å². The molecule has 3 heterocycles. The van der Waals surface area contributed by atoms with Crippen molar-refractivity contribution in [1.29, 1.82) is 0 Å². The lowest BCUT2D eigenvalue weighted by Crippen LogP contribution is -2.31. The van der Waals surface area contributed by atoms with Crippen LogP contribution in [0, 0.1) is 5.92 Å². The number of carboxylic acid groups (broad SMARTS) is 1. The number of nitrogens with one attached hydrogen (secondary N) is 1. The molecule has 0 unspecified atom stereocenters. The van der Waals surface area contributed by atoms with Gasteiger partial charge in [-0.05, 0) is 56.5 Å². The van der Waals surface area contributed by atoms with Crippen LogP contribution >= 0.6 is 0 Å². The molecule has 37 heavy (non-hydrogen) atoms. The van der Waals surface area contributed by atoms with E-state index in [1.165, 1.54) is 31.4 Å². The molecule has 198 valence electrons. The minimum absolute atomic E-state index is 0.0199. The second-order valence-electron chi connectivity index (χ2n) is 10.1. The molecule has 0 bridgehead atoms. The highest BCUT2D eigenvalue weighted by Crippen LogP contribution is 2.35. The smallest absolute Gasteiger partial charge is 0.416 e. The van der Waals surface area contributed by atoms with E-state index in [4.69, 9.17) is 4.98 Å². The molecule has 11 heteroatoms. The Kier molecular flexibility index (Phi) is 7.06. The number of halogens is 3. The fourth-order valence-electron chi connectivity index (χ4n) is 5.25. The van der Waals surface area contributed by atoms with Crippen molar-refractivity contribution in [3.63, 3.8) is 0 Å². The molecule has 1 aliphatic heterocycles. The number of imidazole rings is 1. The summed E-state index contributed by atoms with van der Waals surface area (Å²) in [6, 6.07) is 5.08. The van der Waals surface area contributed by atoms with Crippen LogP contribution in [0.1, 0.15) is 78.6 Å². The fraction of sp³-hybridized carbons (Fsp3) is 0.538. The van der Waals surface area contributed by atoms with Crippen molar-refractivity contribution in [2.45, 2.75) is 63.7 Å². The Morgan fingerprint density at radius 1 is 1.08 bits per heavy atom. The number of alkyl halides is 3. The van der Waals surface area contributed by atoms with Crippen LogP contribution in [0.4, 0.5) is 19.0 Å². The van der Waals surface area contributed by atoms with Crippen molar-refractivity contribution in [1.82, 2.24) is 24.4 Å². The second kappa shape index (κ2) is 10.3. The molecule has 2 aromatic heterocycles. The third-order valence-corrected chi connectivity index (χ3v) is 7.58. The van der Waals surface area contributed by atoms with Gasteiger partial charge in [-0.25, -0.2) is 19.7 Å². The Balaban J connectivity index is 1.58. The highest BCUT2D eigenvalue weighted by atomic mass is 19.4. The maximum Gasteiger partial charge on any atom is 0.416 e. The summed E-state index contributed by atoms with van der Waals surface area (Å²) in [5.41, 5.74) is 0.827. The first-order valence-electron chi connectivity index (χ1n) is 12.8. The number of carboxylic acids is 1. The van der Waals surface area contributed by atoms with Gasteiger partial charge in [0.05, 0.1) is 11.6 Å². The van der Waals surface area contributed by atoms with Gasteiger partial charge < -0.3 is 15.0 Å². The molecule has 2 aliphatic rings. The molecule has 0 spiro atoms. The second-order valence-corrected chi connectivity index (χ2v) is 10.1. The van der Waals surface area contributed by atoms with Crippen LogP contribution in [-0.4, -0.2) is 55.6 Å². The van der Waals surface area contributed by atoms with Crippen LogP contribution in [0.2, 0.25) is 0 Å². The maximum atomic E-state index is 13.1. The average Bonchev–Trinajstić information content (AvgIpc) is 3.18. The monoisotopic (exact) mass is 516 g/mol. The van der Waals surface area contributed by atoms with Gasteiger partial charge in [-0.15, -0.1) is 0 Å². The third kappa shape index (κ3) is 5.41. The van der Waals surface area contributed by atoms with Gasteiger partial charge in [0.15, 0.2) is 11.5 Å². The average molecular weight is 517 g/mol. The Bertz CT molecular complexity index is 1270. The standard InChI is InChI=1S/C26H31F3N6O2/c1-34-14-3-2-7-19(34)24-33-22-20(35(24)15-17-8-10-18(11-9-17)26(27,28)29)21(31-23(32-22)25(36)37)30-13-12-16-5-4-6-16/h8-11,16,19H,2-7,12-15H2,1H3,(H,36,37)(H,30,31,32)/t19-/m1/s1. The van der Waals surface area contributed by atoms with Crippen molar-refractivity contribution in [3.05, 3.63) is 47.0 Å². The first kappa shape index (κ1) is 25.4. The van der Waals surface area contributed by atoms with Gasteiger partial charge in [-0.1, -0.05) is 37.8 Å². The Morgan fingerprint density at radius 2 is 1.84 bits per heavy atom. The van der Waals surface area contributed by atoms with E-state index in [1.54, 1.807) is 0 Å². The van der Waals surface area contributed by atoms with Gasteiger partial charge in [-0.3, -0.25) is 4.90 Å². The van der Waals surface area contributed by atoms with Crippen molar-refractivity contribution in [3.8, 4) is 0 Å². The summed E-state index contributed by atoms with van der Waals surface area (Å²) in [5.74, 6) is 0.202. The predicted octanol–water partition coefficient (Wildman–Crippen LogP) is 5.35. The zero-order valence-electron chi connectivity index (χ0n) is 20.8. The van der Waals surface area contributed by atoms with Crippen molar-refractivity contribution < 1.29 is 23.1 Å². The zero-order valence-corrected chi connectivity index (χ0v) is 20.8. The number of aromatic nitrogens is 4. The summed E-state index contributed by atoms with van der Waals surface area (Å²) >= 11 is 0. The number of rotatable bonds is 8. The quantitative estimate of drug-likeness (QED) is 0.417. The Hall–Kier alpha value is -3.21. The first-order chi connectivity index (χ1) is 17.7. The Labute approximate surface area is 212 Å². The number of likely N-dealkylation sites (tertiary alicyclic amines) is 1. The number of benzene rings is 1. The molecular formula is C26H31F3N6O2. The van der Waals surface area contributed by atoms with Gasteiger partial charge in [0.1, 0.15) is 11.3 Å². The van der Waals surface area contributed by atoms with E-state index in [-0.39, 0.29) is 24.1 Å². The highest BCUT2D eigenvalue weighted by Gasteiger charge is 2.31. The highest BCUT2D eigenvalue weighted by molar-refractivity contribution is 5.90. The van der Waals surface area contributed by atoms with Gasteiger partial charge in [-0.2, -0.15) is 13.2 Å². The lowest BCUT2D eigenvalue weighted by Gasteiger charge is -2.32. The van der Waals surface area contributed by atoms with E-state index >= 15 is 0 Å². The lowest BCUT2D eigenvalue weighted by molar-refractivity contribution is -0.137. The number of fused-ring (bicyclic) bond motifs is 1. The molecule has 5 rings (SSSR count). The molecule has 2 N–H and O–H groups in total. The lowest BCUT2D eigenvalue weighted by atomic mass is 9.83. The molecule has 0 radical (unpaired) electrons. The van der Waals surface area contributed by atoms with E-state index in [0.29, 0.717) is 29.4 Å². The number of hydrogen-bond donors (Lipinski definition) is 2. The molecule has 1 atom stereocenters. The summed E-state index contributed by atoms with van der Waals surface area (Å²) in [6.07, 6.45) is 3.16. The van der Waals surface area contributed by atoms with Crippen LogP contribution in [0.3, 0.4) is 0 Å². The fourth-order valence-corrected chi connectivity index (χ4v) is 5.25. The molecule has 3 aromatic rings. The molecule has 8 nitrogen and oxygen atoms in total. The van der Waals surface area contributed by atoms with Crippen molar-refractivity contribution in [2.24, 2.45) is 5.92 Å². The van der Waals surface area contributed by atoms with E-state index in [2.05, 4.69) is 20.2 Å². The molecule has 1 aromatic carbocycles. The summed E-state index contributed by atoms with van der Waals surface area (Å²) in [5, 5.41) is 13.0. The summed E-state index contributed by atoms with van der Waals surface area (Å²) in [4.78, 5) is 27.4. The van der Waals surface area contributed by atoms with Crippen molar-refractivity contribution in [2.75, 3.05) is 25.5 Å². The number of hydrogen-bond acceptors (Lipinski definition) is 6. The number of carbonyl (C=O) groups is 1. The van der Waals surface area contributed by atoms with Gasteiger partial charge in [0, 0.05) is 13.1 Å². The van der Waals surface area contributed by atoms with Crippen LogP contribution < -0.4 is 5.32 Å². The number of aromatic carboxylic acids is 1. The van der Waals surface area contributed by atoms with Crippen LogP contribution in [0.15, 0.2) is 24.3 Å².